The fourth-order valence-electron chi connectivity index (χ4n) is 4.80. The second-order valence-electron chi connectivity index (χ2n) is 7.58. The van der Waals surface area contributed by atoms with Gasteiger partial charge in [0.15, 0.2) is 0 Å². The molecule has 1 aliphatic carbocycles. The second-order valence-corrected chi connectivity index (χ2v) is 8.02. The van der Waals surface area contributed by atoms with Gasteiger partial charge in [-0.2, -0.15) is 0 Å². The first-order valence-corrected chi connectivity index (χ1v) is 9.87. The molecule has 2 aliphatic heterocycles. The lowest BCUT2D eigenvalue weighted by Crippen LogP contribution is -2.27. The number of aliphatic imine (C=N–C) groups is 1. The summed E-state index contributed by atoms with van der Waals surface area (Å²) in [6, 6.07) is 20.1. The third kappa shape index (κ3) is 2.72. The molecule has 25 heavy (non-hydrogen) atoms. The number of hydrogen-bond acceptors (Lipinski definition) is 2. The topological polar surface area (TPSA) is 15.4 Å². The van der Waals surface area contributed by atoms with E-state index in [2.05, 4.69) is 47.4 Å². The molecule has 0 spiro atoms. The maximum Gasteiger partial charge on any atom is 0.106 e. The molecule has 2 heterocycles. The first-order chi connectivity index (χ1) is 12.3. The van der Waals surface area contributed by atoms with Crippen LogP contribution in [0.25, 0.3) is 0 Å². The first kappa shape index (κ1) is 15.6. The number of benzene rings is 2. The Labute approximate surface area is 154 Å². The number of nitrogens with zero attached hydrogens (tertiary/aromatic N) is 2. The van der Waals surface area contributed by atoms with Crippen molar-refractivity contribution in [3.8, 4) is 0 Å². The molecule has 2 aromatic carbocycles. The van der Waals surface area contributed by atoms with E-state index in [0.29, 0.717) is 18.2 Å². The number of fused-ring (bicyclic) bond motifs is 1. The van der Waals surface area contributed by atoms with Crippen LogP contribution in [0.1, 0.15) is 49.3 Å². The zero-order chi connectivity index (χ0) is 16.8. The average Bonchev–Trinajstić information content (AvgIpc) is 3.28. The third-order valence-corrected chi connectivity index (χ3v) is 6.31. The molecule has 2 fully saturated rings. The average molecular weight is 351 g/mol. The van der Waals surface area contributed by atoms with E-state index < -0.39 is 0 Å². The van der Waals surface area contributed by atoms with Crippen molar-refractivity contribution >= 4 is 17.3 Å². The monoisotopic (exact) mass is 350 g/mol. The Kier molecular flexibility index (Phi) is 3.91. The minimum Gasteiger partial charge on any atom is -0.268 e. The van der Waals surface area contributed by atoms with Gasteiger partial charge in [0, 0.05) is 5.02 Å². The molecule has 2 nitrogen and oxygen atoms in total. The molecule has 3 aliphatic rings. The van der Waals surface area contributed by atoms with Crippen LogP contribution in [0.15, 0.2) is 59.6 Å². The Morgan fingerprint density at radius 1 is 0.840 bits per heavy atom. The highest BCUT2D eigenvalue weighted by Gasteiger charge is 2.60. The fourth-order valence-corrected chi connectivity index (χ4v) is 4.93. The van der Waals surface area contributed by atoms with Gasteiger partial charge in [0.25, 0.3) is 0 Å². The van der Waals surface area contributed by atoms with Crippen LogP contribution >= 0.6 is 11.6 Å². The van der Waals surface area contributed by atoms with Crippen molar-refractivity contribution in [3.63, 3.8) is 0 Å². The van der Waals surface area contributed by atoms with E-state index in [-0.39, 0.29) is 0 Å². The molecule has 0 amide bonds. The maximum atomic E-state index is 6.09. The highest BCUT2D eigenvalue weighted by Crippen LogP contribution is 2.53. The van der Waals surface area contributed by atoms with E-state index in [1.54, 1.807) is 0 Å². The van der Waals surface area contributed by atoms with E-state index in [1.807, 2.05) is 12.1 Å². The molecule has 3 heteroatoms. The van der Waals surface area contributed by atoms with Crippen molar-refractivity contribution < 1.29 is 0 Å². The van der Waals surface area contributed by atoms with Gasteiger partial charge < -0.3 is 0 Å². The van der Waals surface area contributed by atoms with Crippen LogP contribution in [0.3, 0.4) is 0 Å². The Bertz CT molecular complexity index is 777. The molecule has 1 saturated heterocycles. The molecule has 0 aromatic heterocycles. The van der Waals surface area contributed by atoms with Crippen LogP contribution in [0, 0.1) is 5.92 Å². The molecule has 0 bridgehead atoms. The van der Waals surface area contributed by atoms with Gasteiger partial charge in [0.2, 0.25) is 0 Å². The van der Waals surface area contributed by atoms with E-state index in [1.165, 1.54) is 48.9 Å². The van der Waals surface area contributed by atoms with Gasteiger partial charge in [0.1, 0.15) is 6.17 Å². The normalized spacial score (nSPS) is 31.5. The third-order valence-electron chi connectivity index (χ3n) is 6.06. The number of halogens is 1. The van der Waals surface area contributed by atoms with Gasteiger partial charge in [-0.05, 0) is 42.0 Å². The van der Waals surface area contributed by atoms with Gasteiger partial charge in [-0.3, -0.25) is 9.89 Å². The lowest BCUT2D eigenvalue weighted by atomic mass is 9.87. The zero-order valence-electron chi connectivity index (χ0n) is 14.3. The second kappa shape index (κ2) is 6.26. The molecule has 0 radical (unpaired) electrons. The molecule has 0 N–H and O–H groups in total. The lowest BCUT2D eigenvalue weighted by molar-refractivity contribution is 0.219. The molecule has 4 unspecified atom stereocenters. The van der Waals surface area contributed by atoms with Crippen LogP contribution < -0.4 is 0 Å². The Hall–Kier alpha value is -1.64. The Morgan fingerprint density at radius 3 is 2.28 bits per heavy atom. The molecule has 4 atom stereocenters. The van der Waals surface area contributed by atoms with Crippen molar-refractivity contribution in [2.45, 2.75) is 50.4 Å². The van der Waals surface area contributed by atoms with Crippen molar-refractivity contribution in [3.05, 3.63) is 70.7 Å². The Morgan fingerprint density at radius 2 is 1.56 bits per heavy atom. The van der Waals surface area contributed by atoms with Crippen LogP contribution in [-0.2, 0) is 0 Å². The van der Waals surface area contributed by atoms with Crippen molar-refractivity contribution in [2.75, 3.05) is 0 Å². The van der Waals surface area contributed by atoms with E-state index in [0.717, 1.165) is 10.9 Å². The van der Waals surface area contributed by atoms with Gasteiger partial charge >= 0.3 is 0 Å². The van der Waals surface area contributed by atoms with Crippen LogP contribution in [0.5, 0.6) is 0 Å². The standard InChI is InChI=1S/C22H23ClN2/c23-18-13-11-15(12-14-18)19-21-20(16-7-3-1-4-8-16)25(21)22(24-19)17-9-5-2-6-10-17/h1,3-4,7-8,11-14,17,20-22H,2,5-6,9-10H2. The minimum atomic E-state index is 0.362. The SMILES string of the molecule is Clc1ccc(C2=NC(C3CCCCC3)N3C2C3c2ccccc2)cc1. The summed E-state index contributed by atoms with van der Waals surface area (Å²) < 4.78 is 0. The summed E-state index contributed by atoms with van der Waals surface area (Å²) in [5.41, 5.74) is 3.92. The maximum absolute atomic E-state index is 6.09. The van der Waals surface area contributed by atoms with Crippen molar-refractivity contribution in [2.24, 2.45) is 10.9 Å². The highest BCUT2D eigenvalue weighted by molar-refractivity contribution is 6.30. The summed E-state index contributed by atoms with van der Waals surface area (Å²) in [5, 5.41) is 0.790. The zero-order valence-corrected chi connectivity index (χ0v) is 15.1. The number of hydrogen-bond donors (Lipinski definition) is 0. The molecule has 1 saturated carbocycles. The summed E-state index contributed by atoms with van der Waals surface area (Å²) in [6.45, 7) is 0. The fraction of sp³-hybridized carbons (Fsp3) is 0.409. The van der Waals surface area contributed by atoms with Gasteiger partial charge in [-0.15, -0.1) is 0 Å². The van der Waals surface area contributed by atoms with E-state index in [4.69, 9.17) is 16.6 Å². The molecule has 128 valence electrons. The van der Waals surface area contributed by atoms with Gasteiger partial charge in [-0.1, -0.05) is 73.3 Å². The summed E-state index contributed by atoms with van der Waals surface area (Å²) in [7, 11) is 0. The number of rotatable bonds is 3. The van der Waals surface area contributed by atoms with Gasteiger partial charge in [0.05, 0.1) is 17.8 Å². The van der Waals surface area contributed by atoms with E-state index >= 15 is 0 Å². The molecule has 5 rings (SSSR count). The van der Waals surface area contributed by atoms with Crippen molar-refractivity contribution in [1.29, 1.82) is 0 Å². The minimum absolute atomic E-state index is 0.362. The van der Waals surface area contributed by atoms with E-state index in [9.17, 15) is 0 Å². The van der Waals surface area contributed by atoms with Crippen LogP contribution in [0.4, 0.5) is 0 Å². The summed E-state index contributed by atoms with van der Waals surface area (Å²) in [5.74, 6) is 0.717. The van der Waals surface area contributed by atoms with Gasteiger partial charge in [-0.25, -0.2) is 0 Å². The molecule has 2 aromatic rings. The quantitative estimate of drug-likeness (QED) is 0.669. The highest BCUT2D eigenvalue weighted by atomic mass is 35.5. The van der Waals surface area contributed by atoms with Crippen molar-refractivity contribution in [1.82, 2.24) is 4.90 Å². The summed E-state index contributed by atoms with van der Waals surface area (Å²) in [4.78, 5) is 7.87. The lowest BCUT2D eigenvalue weighted by Gasteiger charge is -2.28. The Balaban J connectivity index is 1.50. The van der Waals surface area contributed by atoms with Crippen LogP contribution in [0.2, 0.25) is 5.02 Å². The largest absolute Gasteiger partial charge is 0.268 e. The predicted molar refractivity (Wildman–Crippen MR) is 103 cm³/mol. The predicted octanol–water partition coefficient (Wildman–Crippen LogP) is 5.47. The summed E-state index contributed by atoms with van der Waals surface area (Å²) in [6.07, 6.45) is 7.13. The molecular formula is C22H23ClN2. The first-order valence-electron chi connectivity index (χ1n) is 9.49. The summed E-state index contributed by atoms with van der Waals surface area (Å²) >= 11 is 6.09. The smallest absolute Gasteiger partial charge is 0.106 e. The van der Waals surface area contributed by atoms with Crippen LogP contribution in [-0.4, -0.2) is 22.8 Å². The molecular weight excluding hydrogens is 328 g/mol.